The summed E-state index contributed by atoms with van der Waals surface area (Å²) in [4.78, 5) is 3.00. The Morgan fingerprint density at radius 3 is 2.80 bits per heavy atom. The van der Waals surface area contributed by atoms with Crippen molar-refractivity contribution < 1.29 is 8.42 Å². The molecule has 0 aliphatic carbocycles. The van der Waals surface area contributed by atoms with Gasteiger partial charge >= 0.3 is 0 Å². The van der Waals surface area contributed by atoms with Crippen LogP contribution in [0.3, 0.4) is 0 Å². The average molecular weight is 244 g/mol. The summed E-state index contributed by atoms with van der Waals surface area (Å²) in [5.74, 6) is 0.0502. The zero-order valence-corrected chi connectivity index (χ0v) is 9.69. The maximum Gasteiger partial charge on any atom is 0.151 e. The predicted molar refractivity (Wildman–Crippen MR) is 61.9 cm³/mol. The molecule has 0 saturated heterocycles. The molecule has 0 aliphatic heterocycles. The molecule has 3 nitrogen and oxygen atoms in total. The molecule has 2 aromatic rings. The van der Waals surface area contributed by atoms with Crippen LogP contribution in [0, 0.1) is 0 Å². The first-order valence-electron chi connectivity index (χ1n) is 4.39. The number of aromatic amines is 1. The van der Waals surface area contributed by atoms with Crippen LogP contribution in [-0.4, -0.2) is 19.7 Å². The standard InChI is InChI=1S/C10H10ClNO2S/c1-15(13,14)6-7-5-12-10-4-8(11)2-3-9(7)10/h2-5,12H,6H2,1H3. The first-order valence-corrected chi connectivity index (χ1v) is 6.83. The van der Waals surface area contributed by atoms with Gasteiger partial charge in [-0.15, -0.1) is 0 Å². The van der Waals surface area contributed by atoms with E-state index in [2.05, 4.69) is 4.98 Å². The topological polar surface area (TPSA) is 49.9 Å². The quantitative estimate of drug-likeness (QED) is 0.880. The molecule has 0 saturated carbocycles. The van der Waals surface area contributed by atoms with Crippen LogP contribution in [0.1, 0.15) is 5.56 Å². The number of H-pyrrole nitrogens is 1. The Labute approximate surface area is 93.0 Å². The summed E-state index contributed by atoms with van der Waals surface area (Å²) in [6.07, 6.45) is 2.93. The van der Waals surface area contributed by atoms with Crippen molar-refractivity contribution in [1.82, 2.24) is 4.98 Å². The lowest BCUT2D eigenvalue weighted by molar-refractivity contribution is 0.601. The third-order valence-corrected chi connectivity index (χ3v) is 3.22. The molecule has 1 heterocycles. The van der Waals surface area contributed by atoms with Gasteiger partial charge in [0, 0.05) is 28.4 Å². The zero-order chi connectivity index (χ0) is 11.1. The fourth-order valence-electron chi connectivity index (χ4n) is 1.56. The summed E-state index contributed by atoms with van der Waals surface area (Å²) >= 11 is 5.82. The van der Waals surface area contributed by atoms with Gasteiger partial charge in [-0.2, -0.15) is 0 Å². The second kappa shape index (κ2) is 3.54. The number of hydrogen-bond donors (Lipinski definition) is 1. The maximum absolute atomic E-state index is 11.2. The fraction of sp³-hybridized carbons (Fsp3) is 0.200. The molecule has 0 amide bonds. The Kier molecular flexibility index (Phi) is 2.48. The van der Waals surface area contributed by atoms with Crippen LogP contribution in [-0.2, 0) is 15.6 Å². The molecule has 80 valence electrons. The van der Waals surface area contributed by atoms with Crippen molar-refractivity contribution in [2.45, 2.75) is 5.75 Å². The summed E-state index contributed by atoms with van der Waals surface area (Å²) in [6, 6.07) is 5.36. The Hall–Kier alpha value is -1.00. The molecular weight excluding hydrogens is 234 g/mol. The summed E-state index contributed by atoms with van der Waals surface area (Å²) in [7, 11) is -3.00. The SMILES string of the molecule is CS(=O)(=O)Cc1c[nH]c2cc(Cl)ccc12. The van der Waals surface area contributed by atoms with Gasteiger partial charge in [-0.1, -0.05) is 17.7 Å². The summed E-state index contributed by atoms with van der Waals surface area (Å²) in [5, 5.41) is 1.54. The lowest BCUT2D eigenvalue weighted by Gasteiger charge is -1.97. The van der Waals surface area contributed by atoms with Gasteiger partial charge in [-0.3, -0.25) is 0 Å². The van der Waals surface area contributed by atoms with Crippen LogP contribution >= 0.6 is 11.6 Å². The minimum absolute atomic E-state index is 0.0502. The van der Waals surface area contributed by atoms with E-state index in [1.807, 2.05) is 6.07 Å². The minimum Gasteiger partial charge on any atom is -0.361 e. The van der Waals surface area contributed by atoms with Gasteiger partial charge in [0.25, 0.3) is 0 Å². The van der Waals surface area contributed by atoms with Crippen molar-refractivity contribution in [2.75, 3.05) is 6.26 Å². The van der Waals surface area contributed by atoms with Crippen molar-refractivity contribution >= 4 is 32.3 Å². The number of nitrogens with one attached hydrogen (secondary N) is 1. The zero-order valence-electron chi connectivity index (χ0n) is 8.12. The molecule has 2 rings (SSSR count). The molecule has 0 bridgehead atoms. The molecule has 0 unspecified atom stereocenters. The van der Waals surface area contributed by atoms with Gasteiger partial charge in [0.2, 0.25) is 0 Å². The highest BCUT2D eigenvalue weighted by atomic mass is 35.5. The molecule has 0 atom stereocenters. The Morgan fingerprint density at radius 1 is 1.40 bits per heavy atom. The van der Waals surface area contributed by atoms with E-state index in [-0.39, 0.29) is 5.75 Å². The molecule has 1 aromatic carbocycles. The molecular formula is C10H10ClNO2S. The van der Waals surface area contributed by atoms with Crippen LogP contribution < -0.4 is 0 Å². The third kappa shape index (κ3) is 2.33. The summed E-state index contributed by atoms with van der Waals surface area (Å²) < 4.78 is 22.3. The summed E-state index contributed by atoms with van der Waals surface area (Å²) in [5.41, 5.74) is 1.64. The Morgan fingerprint density at radius 2 is 2.13 bits per heavy atom. The van der Waals surface area contributed by atoms with E-state index in [1.54, 1.807) is 18.3 Å². The number of sulfone groups is 1. The number of hydrogen-bond acceptors (Lipinski definition) is 2. The second-order valence-corrected chi connectivity index (χ2v) is 6.15. The first kappa shape index (κ1) is 10.5. The van der Waals surface area contributed by atoms with Crippen molar-refractivity contribution in [3.05, 3.63) is 35.0 Å². The van der Waals surface area contributed by atoms with Gasteiger partial charge in [0.1, 0.15) is 0 Å². The fourth-order valence-corrected chi connectivity index (χ4v) is 2.54. The number of fused-ring (bicyclic) bond motifs is 1. The molecule has 0 aliphatic rings. The normalized spacial score (nSPS) is 12.1. The molecule has 0 radical (unpaired) electrons. The van der Waals surface area contributed by atoms with E-state index >= 15 is 0 Å². The van der Waals surface area contributed by atoms with Gasteiger partial charge < -0.3 is 4.98 Å². The molecule has 15 heavy (non-hydrogen) atoms. The Balaban J connectivity index is 2.55. The van der Waals surface area contributed by atoms with Gasteiger partial charge in [0.15, 0.2) is 9.84 Å². The summed E-state index contributed by atoms with van der Waals surface area (Å²) in [6.45, 7) is 0. The maximum atomic E-state index is 11.2. The van der Waals surface area contributed by atoms with Crippen molar-refractivity contribution in [3.63, 3.8) is 0 Å². The highest BCUT2D eigenvalue weighted by Gasteiger charge is 2.09. The van der Waals surface area contributed by atoms with Gasteiger partial charge in [-0.05, 0) is 17.7 Å². The van der Waals surface area contributed by atoms with Crippen LogP contribution in [0.15, 0.2) is 24.4 Å². The molecule has 0 fully saturated rings. The largest absolute Gasteiger partial charge is 0.361 e. The van der Waals surface area contributed by atoms with E-state index in [0.717, 1.165) is 16.5 Å². The lowest BCUT2D eigenvalue weighted by Crippen LogP contribution is -1.99. The van der Waals surface area contributed by atoms with E-state index < -0.39 is 9.84 Å². The molecule has 1 aromatic heterocycles. The highest BCUT2D eigenvalue weighted by molar-refractivity contribution is 7.89. The van der Waals surface area contributed by atoms with Crippen molar-refractivity contribution in [3.8, 4) is 0 Å². The predicted octanol–water partition coefficient (Wildman–Crippen LogP) is 2.37. The highest BCUT2D eigenvalue weighted by Crippen LogP contribution is 2.23. The number of benzene rings is 1. The monoisotopic (exact) mass is 243 g/mol. The molecule has 0 spiro atoms. The lowest BCUT2D eigenvalue weighted by atomic mass is 10.2. The van der Waals surface area contributed by atoms with E-state index in [9.17, 15) is 8.42 Å². The van der Waals surface area contributed by atoms with Crippen molar-refractivity contribution in [1.29, 1.82) is 0 Å². The van der Waals surface area contributed by atoms with E-state index in [4.69, 9.17) is 11.6 Å². The van der Waals surface area contributed by atoms with E-state index in [0.29, 0.717) is 5.02 Å². The van der Waals surface area contributed by atoms with Crippen LogP contribution in [0.2, 0.25) is 5.02 Å². The average Bonchev–Trinajstić information content (AvgIpc) is 2.45. The number of halogens is 1. The molecule has 1 N–H and O–H groups in total. The van der Waals surface area contributed by atoms with Gasteiger partial charge in [0.05, 0.1) is 5.75 Å². The number of aromatic nitrogens is 1. The van der Waals surface area contributed by atoms with Gasteiger partial charge in [-0.25, -0.2) is 8.42 Å². The number of rotatable bonds is 2. The first-order chi connectivity index (χ1) is 6.96. The Bertz CT molecular complexity index is 601. The van der Waals surface area contributed by atoms with Crippen LogP contribution in [0.4, 0.5) is 0 Å². The second-order valence-electron chi connectivity index (χ2n) is 3.57. The van der Waals surface area contributed by atoms with Crippen LogP contribution in [0.25, 0.3) is 10.9 Å². The third-order valence-electron chi connectivity index (χ3n) is 2.15. The minimum atomic E-state index is -3.00. The van der Waals surface area contributed by atoms with E-state index in [1.165, 1.54) is 6.26 Å². The van der Waals surface area contributed by atoms with Crippen molar-refractivity contribution in [2.24, 2.45) is 0 Å². The molecule has 5 heteroatoms. The van der Waals surface area contributed by atoms with Crippen LogP contribution in [0.5, 0.6) is 0 Å². The smallest absolute Gasteiger partial charge is 0.151 e.